The van der Waals surface area contributed by atoms with Crippen molar-refractivity contribution >= 4 is 6.21 Å². The van der Waals surface area contributed by atoms with Gasteiger partial charge in [0.2, 0.25) is 0 Å². The molecule has 0 aromatic carbocycles. The molecule has 5 N–H and O–H groups in total. The highest BCUT2D eigenvalue weighted by molar-refractivity contribution is 5.75. The number of hydrogen-bond donors (Lipinski definition) is 4. The summed E-state index contributed by atoms with van der Waals surface area (Å²) in [6, 6.07) is 0.539. The fourth-order valence-corrected chi connectivity index (χ4v) is 1.38. The van der Waals surface area contributed by atoms with Gasteiger partial charge in [0.1, 0.15) is 5.82 Å². The van der Waals surface area contributed by atoms with Gasteiger partial charge in [-0.25, -0.2) is 0 Å². The van der Waals surface area contributed by atoms with Crippen molar-refractivity contribution < 1.29 is 0 Å². The van der Waals surface area contributed by atoms with Crippen LogP contribution in [-0.2, 0) is 0 Å². The number of rotatable bonds is 4. The van der Waals surface area contributed by atoms with Crippen molar-refractivity contribution in [2.24, 2.45) is 5.73 Å². The molecule has 0 unspecified atom stereocenters. The third kappa shape index (κ3) is 3.06. The molecule has 1 aliphatic heterocycles. The molecule has 0 radical (unpaired) electrons. The molecule has 0 aliphatic carbocycles. The summed E-state index contributed by atoms with van der Waals surface area (Å²) in [6.07, 6.45) is 3.73. The van der Waals surface area contributed by atoms with Crippen LogP contribution >= 0.6 is 0 Å². The summed E-state index contributed by atoms with van der Waals surface area (Å²) < 4.78 is 0. The van der Waals surface area contributed by atoms with Crippen LogP contribution in [0.4, 0.5) is 0 Å². The van der Waals surface area contributed by atoms with Crippen LogP contribution in [0, 0.1) is 5.41 Å². The minimum Gasteiger partial charge on any atom is -0.385 e. The van der Waals surface area contributed by atoms with Gasteiger partial charge in [0.25, 0.3) is 0 Å². The quantitative estimate of drug-likeness (QED) is 0.468. The molecule has 0 saturated carbocycles. The molecule has 1 fully saturated rings. The molecule has 13 heavy (non-hydrogen) atoms. The fourth-order valence-electron chi connectivity index (χ4n) is 1.38. The van der Waals surface area contributed by atoms with Crippen LogP contribution < -0.4 is 16.4 Å². The van der Waals surface area contributed by atoms with Gasteiger partial charge in [-0.3, -0.25) is 0 Å². The zero-order valence-corrected chi connectivity index (χ0v) is 8.06. The Bertz CT molecular complexity index is 204. The molecule has 0 amide bonds. The molecular formula is C9H18N4. The lowest BCUT2D eigenvalue weighted by molar-refractivity contribution is 0.566. The van der Waals surface area contributed by atoms with Gasteiger partial charge >= 0.3 is 0 Å². The molecule has 1 saturated heterocycles. The van der Waals surface area contributed by atoms with E-state index in [-0.39, 0.29) is 0 Å². The van der Waals surface area contributed by atoms with Crippen molar-refractivity contribution in [1.82, 2.24) is 10.6 Å². The summed E-state index contributed by atoms with van der Waals surface area (Å²) in [5, 5.41) is 13.5. The van der Waals surface area contributed by atoms with E-state index in [0.717, 1.165) is 18.7 Å². The van der Waals surface area contributed by atoms with E-state index in [2.05, 4.69) is 10.6 Å². The van der Waals surface area contributed by atoms with Gasteiger partial charge in [-0.1, -0.05) is 0 Å². The first kappa shape index (κ1) is 10.1. The van der Waals surface area contributed by atoms with Crippen molar-refractivity contribution in [3.05, 3.63) is 11.4 Å². The molecule has 0 aromatic heterocycles. The third-order valence-corrected chi connectivity index (χ3v) is 2.34. The average molecular weight is 182 g/mol. The summed E-state index contributed by atoms with van der Waals surface area (Å²) in [6.45, 7) is 3.80. The molecule has 4 nitrogen and oxygen atoms in total. The number of nitrogens with one attached hydrogen (secondary N) is 3. The monoisotopic (exact) mass is 182 g/mol. The van der Waals surface area contributed by atoms with Gasteiger partial charge in [0.05, 0.1) is 0 Å². The normalized spacial score (nSPS) is 23.9. The summed E-state index contributed by atoms with van der Waals surface area (Å²) >= 11 is 0. The molecule has 1 atom stereocenters. The Balaban J connectivity index is 2.28. The largest absolute Gasteiger partial charge is 0.385 e. The zero-order valence-electron chi connectivity index (χ0n) is 8.06. The number of nitrogens with two attached hydrogens (primary N) is 1. The van der Waals surface area contributed by atoms with Crippen LogP contribution in [0.5, 0.6) is 0 Å². The van der Waals surface area contributed by atoms with Crippen molar-refractivity contribution in [2.45, 2.75) is 25.8 Å². The topological polar surface area (TPSA) is 73.9 Å². The maximum atomic E-state index is 7.01. The smallest absolute Gasteiger partial charge is 0.101 e. The van der Waals surface area contributed by atoms with Crippen LogP contribution in [0.25, 0.3) is 0 Å². The molecule has 0 aromatic rings. The Morgan fingerprint density at radius 2 is 2.54 bits per heavy atom. The van der Waals surface area contributed by atoms with E-state index in [1.165, 1.54) is 19.1 Å². The molecule has 0 bridgehead atoms. The molecule has 1 aliphatic rings. The molecule has 1 heterocycles. The van der Waals surface area contributed by atoms with E-state index in [9.17, 15) is 0 Å². The second-order valence-corrected chi connectivity index (χ2v) is 3.42. The highest BCUT2D eigenvalue weighted by atomic mass is 15.0. The average Bonchev–Trinajstić information content (AvgIpc) is 2.65. The van der Waals surface area contributed by atoms with E-state index in [4.69, 9.17) is 11.1 Å². The highest BCUT2D eigenvalue weighted by Gasteiger charge is 2.13. The van der Waals surface area contributed by atoms with Gasteiger partial charge < -0.3 is 21.8 Å². The summed E-state index contributed by atoms with van der Waals surface area (Å²) in [5.74, 6) is 0.615. The van der Waals surface area contributed by atoms with Crippen LogP contribution in [-0.4, -0.2) is 25.3 Å². The predicted molar refractivity (Wildman–Crippen MR) is 54.7 cm³/mol. The zero-order chi connectivity index (χ0) is 9.68. The van der Waals surface area contributed by atoms with Crippen molar-refractivity contribution in [3.8, 4) is 0 Å². The van der Waals surface area contributed by atoms with Gasteiger partial charge in [0, 0.05) is 24.4 Å². The Morgan fingerprint density at radius 3 is 3.08 bits per heavy atom. The summed E-state index contributed by atoms with van der Waals surface area (Å²) in [4.78, 5) is 0. The van der Waals surface area contributed by atoms with E-state index >= 15 is 0 Å². The summed E-state index contributed by atoms with van der Waals surface area (Å²) in [5.41, 5.74) is 6.49. The number of allylic oxidation sites excluding steroid dienone is 1. The minimum absolute atomic E-state index is 0.539. The van der Waals surface area contributed by atoms with Crippen LogP contribution in [0.3, 0.4) is 0 Å². The lowest BCUT2D eigenvalue weighted by Crippen LogP contribution is -2.35. The minimum atomic E-state index is 0.539. The van der Waals surface area contributed by atoms with E-state index in [1.54, 1.807) is 0 Å². The maximum absolute atomic E-state index is 7.01. The van der Waals surface area contributed by atoms with Crippen molar-refractivity contribution in [1.29, 1.82) is 5.41 Å². The lowest BCUT2D eigenvalue weighted by Gasteiger charge is -2.13. The molecule has 74 valence electrons. The van der Waals surface area contributed by atoms with Gasteiger partial charge in [0.15, 0.2) is 0 Å². The van der Waals surface area contributed by atoms with E-state index in [0.29, 0.717) is 11.9 Å². The summed E-state index contributed by atoms with van der Waals surface area (Å²) in [7, 11) is 0. The van der Waals surface area contributed by atoms with Crippen molar-refractivity contribution in [2.75, 3.05) is 13.1 Å². The maximum Gasteiger partial charge on any atom is 0.101 e. The molecule has 1 rings (SSSR count). The SMILES string of the molecule is C/C(C=N)=C(/N)NC[C@H]1CCCN1. The molecule has 4 heteroatoms. The Kier molecular flexibility index (Phi) is 3.76. The van der Waals surface area contributed by atoms with E-state index in [1.807, 2.05) is 6.92 Å². The fraction of sp³-hybridized carbons (Fsp3) is 0.667. The first-order valence-corrected chi connectivity index (χ1v) is 4.68. The van der Waals surface area contributed by atoms with Gasteiger partial charge in [-0.15, -0.1) is 0 Å². The lowest BCUT2D eigenvalue weighted by atomic mass is 10.2. The second-order valence-electron chi connectivity index (χ2n) is 3.42. The first-order chi connectivity index (χ1) is 6.24. The van der Waals surface area contributed by atoms with Crippen LogP contribution in [0.15, 0.2) is 11.4 Å². The number of hydrogen-bond acceptors (Lipinski definition) is 4. The Morgan fingerprint density at radius 1 is 1.77 bits per heavy atom. The van der Waals surface area contributed by atoms with Gasteiger partial charge in [-0.05, 0) is 26.3 Å². The van der Waals surface area contributed by atoms with Gasteiger partial charge in [-0.2, -0.15) is 0 Å². The first-order valence-electron chi connectivity index (χ1n) is 4.68. The molecular weight excluding hydrogens is 164 g/mol. The Labute approximate surface area is 79.1 Å². The van der Waals surface area contributed by atoms with Crippen molar-refractivity contribution in [3.63, 3.8) is 0 Å². The highest BCUT2D eigenvalue weighted by Crippen LogP contribution is 2.03. The standard InChI is InChI=1S/C9H18N4/c1-7(5-10)9(11)13-6-8-3-2-4-12-8/h5,8,10,12-13H,2-4,6,11H2,1H3/b9-7+,10-5?/t8-/m1/s1. The third-order valence-electron chi connectivity index (χ3n) is 2.34. The van der Waals surface area contributed by atoms with Crippen LogP contribution in [0.1, 0.15) is 19.8 Å². The second kappa shape index (κ2) is 4.87. The van der Waals surface area contributed by atoms with Crippen LogP contribution in [0.2, 0.25) is 0 Å². The van der Waals surface area contributed by atoms with E-state index < -0.39 is 0 Å². The predicted octanol–water partition coefficient (Wildman–Crippen LogP) is 0.168. The molecule has 0 spiro atoms. The Hall–Kier alpha value is -1.03.